The van der Waals surface area contributed by atoms with E-state index >= 15 is 0 Å². The number of amidine groups is 2. The van der Waals surface area contributed by atoms with Crippen LogP contribution in [0.2, 0.25) is 0 Å². The molecule has 0 aromatic heterocycles. The average Bonchev–Trinajstić information content (AvgIpc) is 4.12. The highest BCUT2D eigenvalue weighted by molar-refractivity contribution is 6.19. The van der Waals surface area contributed by atoms with Gasteiger partial charge in [-0.05, 0) is 85.6 Å². The molecule has 250 valence electrons. The summed E-state index contributed by atoms with van der Waals surface area (Å²) in [5.41, 5.74) is 14.9. The van der Waals surface area contributed by atoms with Crippen molar-refractivity contribution in [2.75, 3.05) is 0 Å². The third-order valence-corrected chi connectivity index (χ3v) is 15.9. The number of fused-ring (bicyclic) bond motifs is 16. The van der Waals surface area contributed by atoms with Crippen molar-refractivity contribution in [3.05, 3.63) is 191 Å². The van der Waals surface area contributed by atoms with Crippen molar-refractivity contribution in [1.29, 1.82) is 0 Å². The Morgan fingerprint density at radius 3 is 1.77 bits per heavy atom. The van der Waals surface area contributed by atoms with E-state index in [0.717, 1.165) is 40.9 Å². The van der Waals surface area contributed by atoms with Gasteiger partial charge < -0.3 is 5.32 Å². The van der Waals surface area contributed by atoms with Crippen LogP contribution in [0.25, 0.3) is 22.3 Å². The second-order valence-corrected chi connectivity index (χ2v) is 17.6. The van der Waals surface area contributed by atoms with Crippen LogP contribution in [-0.4, -0.2) is 17.8 Å². The minimum atomic E-state index is -0.389. The minimum Gasteiger partial charge on any atom is -0.325 e. The molecule has 3 nitrogen and oxygen atoms in total. The average molecular weight is 678 g/mol. The van der Waals surface area contributed by atoms with Gasteiger partial charge in [0.25, 0.3) is 0 Å². The summed E-state index contributed by atoms with van der Waals surface area (Å²) in [5.74, 6) is 6.69. The van der Waals surface area contributed by atoms with Crippen molar-refractivity contribution in [2.45, 2.75) is 11.6 Å². The molecule has 11 atom stereocenters. The van der Waals surface area contributed by atoms with Crippen LogP contribution >= 0.6 is 0 Å². The molecule has 1 N–H and O–H groups in total. The molecule has 0 saturated heterocycles. The summed E-state index contributed by atoms with van der Waals surface area (Å²) in [6.07, 6.45) is 24.9. The summed E-state index contributed by atoms with van der Waals surface area (Å²) in [4.78, 5) is 11.3. The zero-order valence-electron chi connectivity index (χ0n) is 29.0. The van der Waals surface area contributed by atoms with Gasteiger partial charge in [0.2, 0.25) is 0 Å². The molecular weight excluding hydrogens is 643 g/mol. The number of nitrogens with zero attached hydrogens (tertiary/aromatic N) is 2. The van der Waals surface area contributed by atoms with Crippen LogP contribution in [0.4, 0.5) is 0 Å². The summed E-state index contributed by atoms with van der Waals surface area (Å²) in [6.45, 7) is 0. The summed E-state index contributed by atoms with van der Waals surface area (Å²) in [5, 5.41) is 3.96. The molecule has 3 spiro atoms. The van der Waals surface area contributed by atoms with E-state index < -0.39 is 0 Å². The van der Waals surface area contributed by atoms with Gasteiger partial charge in [-0.1, -0.05) is 152 Å². The number of rotatable bonds is 3. The number of nitrogens with one attached hydrogen (secondary N) is 1. The molecule has 4 aromatic carbocycles. The topological polar surface area (TPSA) is 36.8 Å². The molecule has 53 heavy (non-hydrogen) atoms. The van der Waals surface area contributed by atoms with Crippen molar-refractivity contribution in [1.82, 2.24) is 5.32 Å². The molecule has 3 heteroatoms. The Balaban J connectivity index is 0.952. The van der Waals surface area contributed by atoms with Gasteiger partial charge in [0.15, 0.2) is 6.17 Å². The fourth-order valence-electron chi connectivity index (χ4n) is 13.2. The van der Waals surface area contributed by atoms with Gasteiger partial charge in [0, 0.05) is 33.8 Å². The Kier molecular flexibility index (Phi) is 4.34. The maximum Gasteiger partial charge on any atom is 0.166 e. The SMILES string of the molecule is C1=CC2C3C4C=C(C5=NC(C6=CC7C8C9C=CC6C=CC978)N=C(c6cccc7c6-c6ccccc6C76c7ccccc7-c7ccccc76)N5)C1C=CC243. The first-order valence-electron chi connectivity index (χ1n) is 19.8. The Bertz CT molecular complexity index is 2700. The van der Waals surface area contributed by atoms with E-state index in [9.17, 15) is 0 Å². The molecule has 0 radical (unpaired) electrons. The lowest BCUT2D eigenvalue weighted by molar-refractivity contribution is 0.550. The Morgan fingerprint density at radius 2 is 1.04 bits per heavy atom. The largest absolute Gasteiger partial charge is 0.325 e. The first-order chi connectivity index (χ1) is 26.2. The first kappa shape index (κ1) is 27.1. The van der Waals surface area contributed by atoms with Crippen molar-refractivity contribution >= 4 is 11.7 Å². The second kappa shape index (κ2) is 8.47. The van der Waals surface area contributed by atoms with E-state index in [1.54, 1.807) is 0 Å². The van der Waals surface area contributed by atoms with Gasteiger partial charge in [-0.15, -0.1) is 0 Å². The molecular formula is C50H35N3. The predicted octanol–water partition coefficient (Wildman–Crippen LogP) is 9.19. The normalized spacial score (nSPS) is 39.4. The van der Waals surface area contributed by atoms with Crippen LogP contribution in [0.5, 0.6) is 0 Å². The van der Waals surface area contributed by atoms with Crippen molar-refractivity contribution in [3.8, 4) is 22.3 Å². The molecule has 4 aromatic rings. The summed E-state index contributed by atoms with van der Waals surface area (Å²) in [6, 6.07) is 34.2. The monoisotopic (exact) mass is 677 g/mol. The van der Waals surface area contributed by atoms with Gasteiger partial charge in [-0.2, -0.15) is 0 Å². The van der Waals surface area contributed by atoms with E-state index in [0.29, 0.717) is 22.7 Å². The third kappa shape index (κ3) is 2.85. The summed E-state index contributed by atoms with van der Waals surface area (Å²) >= 11 is 0. The number of benzene rings is 4. The number of aliphatic imine (C=N–C) groups is 2. The van der Waals surface area contributed by atoms with E-state index in [4.69, 9.17) is 9.98 Å². The highest BCUT2D eigenvalue weighted by Crippen LogP contribution is 2.88. The fourth-order valence-corrected chi connectivity index (χ4v) is 13.2. The lowest BCUT2D eigenvalue weighted by atomic mass is 9.70. The number of allylic oxidation sites excluding steroid dienone is 10. The van der Waals surface area contributed by atoms with Crippen LogP contribution < -0.4 is 5.32 Å². The number of hydrogen-bond acceptors (Lipinski definition) is 3. The zero-order valence-corrected chi connectivity index (χ0v) is 29.0. The molecule has 10 aliphatic carbocycles. The van der Waals surface area contributed by atoms with E-state index in [1.807, 2.05) is 0 Å². The Morgan fingerprint density at radius 1 is 0.472 bits per heavy atom. The molecule has 15 rings (SSSR count). The van der Waals surface area contributed by atoms with Crippen LogP contribution in [0.1, 0.15) is 27.8 Å². The number of hydrogen-bond donors (Lipinski definition) is 1. The molecule has 11 aliphatic rings. The highest BCUT2D eigenvalue weighted by Gasteiger charge is 2.84. The second-order valence-electron chi connectivity index (χ2n) is 17.6. The molecule has 1 aliphatic heterocycles. The predicted molar refractivity (Wildman–Crippen MR) is 209 cm³/mol. The van der Waals surface area contributed by atoms with Gasteiger partial charge in [-0.3, -0.25) is 0 Å². The quantitative estimate of drug-likeness (QED) is 0.186. The molecule has 11 unspecified atom stereocenters. The maximum absolute atomic E-state index is 5.68. The minimum absolute atomic E-state index is 0.228. The van der Waals surface area contributed by atoms with Gasteiger partial charge in [0.1, 0.15) is 11.7 Å². The standard InChI is InChI=1S/C50H35N3/c1-4-12-34-28(8-1)29-9-2-5-13-35(29)50(34)36-14-6-3-10-30(36)42-31(11-7-15-37(42)50)45-51-46(32-24-40-43-38-18-16-26(32)20-22-48(38,40)43)53-47(52-45)33-25-41-44-39-19-17-27(33)21-23-49(39,41)44/h1-27,38-41,43-44,46H,(H,51,52,53). The van der Waals surface area contributed by atoms with Crippen molar-refractivity contribution < 1.29 is 0 Å². The molecule has 4 bridgehead atoms. The van der Waals surface area contributed by atoms with Crippen LogP contribution in [-0.2, 0) is 5.41 Å². The van der Waals surface area contributed by atoms with E-state index in [1.165, 1.54) is 55.7 Å². The molecule has 1 heterocycles. The smallest absolute Gasteiger partial charge is 0.166 e. The van der Waals surface area contributed by atoms with E-state index in [-0.39, 0.29) is 23.4 Å². The third-order valence-electron chi connectivity index (χ3n) is 15.9. The van der Waals surface area contributed by atoms with Gasteiger partial charge in [0.05, 0.1) is 5.41 Å². The van der Waals surface area contributed by atoms with E-state index in [2.05, 4.69) is 157 Å². The van der Waals surface area contributed by atoms with Gasteiger partial charge >= 0.3 is 0 Å². The maximum atomic E-state index is 5.68. The van der Waals surface area contributed by atoms with Crippen LogP contribution in [0.3, 0.4) is 0 Å². The lowest BCUT2D eigenvalue weighted by Crippen LogP contribution is -2.40. The molecule has 4 saturated carbocycles. The molecule has 4 fully saturated rings. The van der Waals surface area contributed by atoms with Crippen LogP contribution in [0.15, 0.2) is 173 Å². The highest BCUT2D eigenvalue weighted by atomic mass is 15.2. The molecule has 0 amide bonds. The summed E-state index contributed by atoms with van der Waals surface area (Å²) < 4.78 is 0. The summed E-state index contributed by atoms with van der Waals surface area (Å²) in [7, 11) is 0. The van der Waals surface area contributed by atoms with Crippen molar-refractivity contribution in [2.24, 2.45) is 68.2 Å². The van der Waals surface area contributed by atoms with Crippen LogP contribution in [0, 0.1) is 58.2 Å². The lowest BCUT2D eigenvalue weighted by Gasteiger charge is -2.31. The van der Waals surface area contributed by atoms with Gasteiger partial charge in [-0.25, -0.2) is 9.98 Å². The zero-order chi connectivity index (χ0) is 34.0. The Labute approximate surface area is 308 Å². The fraction of sp³-hybridized carbons (Fsp3) is 0.240. The first-order valence-corrected chi connectivity index (χ1v) is 19.8. The van der Waals surface area contributed by atoms with Crippen molar-refractivity contribution in [3.63, 3.8) is 0 Å². The Hall–Kier alpha value is -5.54.